The molecule has 1 atom stereocenters. The summed E-state index contributed by atoms with van der Waals surface area (Å²) in [5.74, 6) is 4.78. The van der Waals surface area contributed by atoms with Crippen LogP contribution in [-0.2, 0) is 4.87 Å². The fourth-order valence-electron chi connectivity index (χ4n) is 4.83. The fraction of sp³-hybridized carbons (Fsp3) is 0.682. The summed E-state index contributed by atoms with van der Waals surface area (Å²) in [7, 11) is 0. The summed E-state index contributed by atoms with van der Waals surface area (Å²) < 4.78 is 0.585. The Morgan fingerprint density at radius 1 is 1.11 bits per heavy atom. The molecule has 2 fully saturated rings. The monoisotopic (exact) mass is 453 g/mol. The number of hydrogen-bond acceptors (Lipinski definition) is 5. The van der Waals surface area contributed by atoms with E-state index in [0.717, 1.165) is 29.9 Å². The molecular formula is C22H31NOS4. The number of benzene rings is 1. The van der Waals surface area contributed by atoms with Crippen molar-refractivity contribution < 1.29 is 4.79 Å². The third kappa shape index (κ3) is 4.26. The van der Waals surface area contributed by atoms with Gasteiger partial charge >= 0.3 is 0 Å². The molecule has 0 spiro atoms. The van der Waals surface area contributed by atoms with Crippen LogP contribution in [0.25, 0.3) is 0 Å². The van der Waals surface area contributed by atoms with Gasteiger partial charge in [-0.15, -0.1) is 35.3 Å². The van der Waals surface area contributed by atoms with Crippen LogP contribution in [0.1, 0.15) is 67.3 Å². The zero-order valence-corrected chi connectivity index (χ0v) is 19.8. The second kappa shape index (κ2) is 9.93. The standard InChI is InChI=1S/C22H31NOS4/c24-21-18-10-4-5-11-19(18)22(28-15-6-12-25,16-20-26-13-7-14-27-20)23(21)17-8-2-1-3-9-17/h4-5,10-11,17,20,25H,1-3,6-9,12-16H2. The van der Waals surface area contributed by atoms with Crippen LogP contribution in [0.4, 0.5) is 0 Å². The van der Waals surface area contributed by atoms with Gasteiger partial charge in [-0.3, -0.25) is 4.79 Å². The van der Waals surface area contributed by atoms with E-state index in [2.05, 4.69) is 59.3 Å². The van der Waals surface area contributed by atoms with Gasteiger partial charge in [0.15, 0.2) is 0 Å². The van der Waals surface area contributed by atoms with E-state index in [1.165, 1.54) is 55.6 Å². The number of rotatable bonds is 7. The zero-order chi connectivity index (χ0) is 19.4. The maximum absolute atomic E-state index is 13.7. The first-order valence-electron chi connectivity index (χ1n) is 10.7. The van der Waals surface area contributed by atoms with Crippen molar-refractivity contribution in [1.82, 2.24) is 4.90 Å². The highest BCUT2D eigenvalue weighted by Gasteiger charge is 2.53. The van der Waals surface area contributed by atoms with E-state index in [-0.39, 0.29) is 10.8 Å². The number of carbonyl (C=O) groups excluding carboxylic acids is 1. The highest BCUT2D eigenvalue weighted by atomic mass is 32.2. The van der Waals surface area contributed by atoms with Gasteiger partial charge in [-0.1, -0.05) is 37.5 Å². The molecule has 2 nitrogen and oxygen atoms in total. The second-order valence-corrected chi connectivity index (χ2v) is 12.7. The SMILES string of the molecule is O=C1c2ccccc2C(CC2SCCCS2)(SCCCS)N1C1CCCCC1. The van der Waals surface area contributed by atoms with Crippen molar-refractivity contribution in [3.05, 3.63) is 35.4 Å². The Morgan fingerprint density at radius 2 is 1.86 bits per heavy atom. The van der Waals surface area contributed by atoms with E-state index in [4.69, 9.17) is 0 Å². The summed E-state index contributed by atoms with van der Waals surface area (Å²) in [5, 5.41) is 0. The Kier molecular flexibility index (Phi) is 7.56. The van der Waals surface area contributed by atoms with Crippen LogP contribution in [0.3, 0.4) is 0 Å². The summed E-state index contributed by atoms with van der Waals surface area (Å²) in [4.78, 5) is 15.8. The number of nitrogens with zero attached hydrogens (tertiary/aromatic N) is 1. The predicted molar refractivity (Wildman–Crippen MR) is 130 cm³/mol. The van der Waals surface area contributed by atoms with Crippen LogP contribution < -0.4 is 0 Å². The fourth-order valence-corrected chi connectivity index (χ4v) is 10.0. The summed E-state index contributed by atoms with van der Waals surface area (Å²) in [5.41, 5.74) is 2.23. The summed E-state index contributed by atoms with van der Waals surface area (Å²) in [6.07, 6.45) is 9.64. The molecule has 28 heavy (non-hydrogen) atoms. The summed E-state index contributed by atoms with van der Waals surface area (Å²) in [6.45, 7) is 0. The third-order valence-electron chi connectivity index (χ3n) is 6.11. The first-order chi connectivity index (χ1) is 13.8. The van der Waals surface area contributed by atoms with E-state index >= 15 is 0 Å². The van der Waals surface area contributed by atoms with Crippen molar-refractivity contribution in [3.8, 4) is 0 Å². The van der Waals surface area contributed by atoms with Gasteiger partial charge in [0.2, 0.25) is 0 Å². The number of amides is 1. The molecule has 1 aromatic rings. The normalized spacial score (nSPS) is 26.6. The van der Waals surface area contributed by atoms with Crippen LogP contribution in [-0.4, -0.2) is 44.4 Å². The van der Waals surface area contributed by atoms with Gasteiger partial charge in [-0.2, -0.15) is 12.6 Å². The molecule has 1 unspecified atom stereocenters. The van der Waals surface area contributed by atoms with Crippen molar-refractivity contribution in [2.24, 2.45) is 0 Å². The Balaban J connectivity index is 1.73. The molecule has 1 saturated heterocycles. The number of thioether (sulfide) groups is 3. The molecule has 3 aliphatic rings. The van der Waals surface area contributed by atoms with Gasteiger partial charge in [0.05, 0.1) is 4.58 Å². The second-order valence-electron chi connectivity index (χ2n) is 7.95. The molecule has 2 heterocycles. The number of carbonyl (C=O) groups is 1. The van der Waals surface area contributed by atoms with Crippen molar-refractivity contribution in [1.29, 1.82) is 0 Å². The minimum absolute atomic E-state index is 0.194. The maximum Gasteiger partial charge on any atom is 0.255 e. The van der Waals surface area contributed by atoms with E-state index in [0.29, 0.717) is 10.6 Å². The van der Waals surface area contributed by atoms with E-state index in [1.807, 2.05) is 17.8 Å². The van der Waals surface area contributed by atoms with E-state index in [1.54, 1.807) is 0 Å². The van der Waals surface area contributed by atoms with Gasteiger partial charge in [-0.05, 0) is 54.8 Å². The van der Waals surface area contributed by atoms with Gasteiger partial charge in [0, 0.05) is 23.6 Å². The maximum atomic E-state index is 13.7. The Labute approximate surface area is 188 Å². The highest BCUT2D eigenvalue weighted by molar-refractivity contribution is 8.17. The molecule has 1 aromatic carbocycles. The molecule has 0 aromatic heterocycles. The van der Waals surface area contributed by atoms with E-state index < -0.39 is 0 Å². The third-order valence-corrected chi connectivity index (χ3v) is 10.9. The minimum Gasteiger partial charge on any atom is -0.317 e. The van der Waals surface area contributed by atoms with Crippen LogP contribution in [0.15, 0.2) is 24.3 Å². The smallest absolute Gasteiger partial charge is 0.255 e. The molecule has 0 bridgehead atoms. The lowest BCUT2D eigenvalue weighted by molar-refractivity contribution is 0.0506. The molecule has 4 rings (SSSR count). The zero-order valence-electron chi connectivity index (χ0n) is 16.5. The Morgan fingerprint density at radius 3 is 2.61 bits per heavy atom. The number of thiol groups is 1. The van der Waals surface area contributed by atoms with Gasteiger partial charge < -0.3 is 4.90 Å². The Bertz CT molecular complexity index is 672. The van der Waals surface area contributed by atoms with Crippen molar-refractivity contribution in [3.63, 3.8) is 0 Å². The van der Waals surface area contributed by atoms with Crippen LogP contribution >= 0.6 is 47.9 Å². The quantitative estimate of drug-likeness (QED) is 0.388. The number of hydrogen-bond donors (Lipinski definition) is 1. The average Bonchev–Trinajstić information content (AvgIpc) is 2.98. The van der Waals surface area contributed by atoms with Gasteiger partial charge in [0.1, 0.15) is 4.87 Å². The first kappa shape index (κ1) is 21.3. The largest absolute Gasteiger partial charge is 0.317 e. The summed E-state index contributed by atoms with van der Waals surface area (Å²) >= 11 is 10.7. The van der Waals surface area contributed by atoms with Gasteiger partial charge in [-0.25, -0.2) is 0 Å². The molecule has 2 aliphatic heterocycles. The highest BCUT2D eigenvalue weighted by Crippen LogP contribution is 2.55. The van der Waals surface area contributed by atoms with Gasteiger partial charge in [0.25, 0.3) is 5.91 Å². The lowest BCUT2D eigenvalue weighted by Crippen LogP contribution is -2.50. The first-order valence-corrected chi connectivity index (χ1v) is 14.4. The minimum atomic E-state index is -0.194. The molecule has 6 heteroatoms. The van der Waals surface area contributed by atoms with E-state index in [9.17, 15) is 4.79 Å². The number of fused-ring (bicyclic) bond motifs is 1. The van der Waals surface area contributed by atoms with Crippen molar-refractivity contribution >= 4 is 53.8 Å². The predicted octanol–water partition coefficient (Wildman–Crippen LogP) is 6.27. The molecule has 0 radical (unpaired) electrons. The van der Waals surface area contributed by atoms with Crippen molar-refractivity contribution in [2.45, 2.75) is 66.9 Å². The molecule has 1 saturated carbocycles. The average molecular weight is 454 g/mol. The topological polar surface area (TPSA) is 20.3 Å². The molecular weight excluding hydrogens is 423 g/mol. The molecule has 1 amide bonds. The lowest BCUT2D eigenvalue weighted by atomic mass is 9.92. The Hall–Kier alpha value is 0.0900. The van der Waals surface area contributed by atoms with Crippen molar-refractivity contribution in [2.75, 3.05) is 23.0 Å². The lowest BCUT2D eigenvalue weighted by Gasteiger charge is -2.46. The van der Waals surface area contributed by atoms with Crippen LogP contribution in [0, 0.1) is 0 Å². The summed E-state index contributed by atoms with van der Waals surface area (Å²) in [6, 6.07) is 8.87. The van der Waals surface area contributed by atoms with Crippen LogP contribution in [0.2, 0.25) is 0 Å². The molecule has 0 N–H and O–H groups in total. The van der Waals surface area contributed by atoms with Crippen LogP contribution in [0.5, 0.6) is 0 Å². The molecule has 1 aliphatic carbocycles. The molecule has 154 valence electrons.